The van der Waals surface area contributed by atoms with E-state index in [1.807, 2.05) is 6.92 Å². The molecule has 0 aromatic heterocycles. The van der Waals surface area contributed by atoms with Crippen molar-refractivity contribution in [2.45, 2.75) is 103 Å². The van der Waals surface area contributed by atoms with Crippen LogP contribution >= 0.6 is 0 Å². The highest BCUT2D eigenvalue weighted by Gasteiger charge is 2.48. The lowest BCUT2D eigenvalue weighted by Crippen LogP contribution is -2.33. The number of allylic oxidation sites excluding steroid dienone is 4. The molecule has 0 saturated heterocycles. The van der Waals surface area contributed by atoms with Gasteiger partial charge in [-0.05, 0) is 112 Å². The molecule has 0 heterocycles. The highest BCUT2D eigenvalue weighted by Crippen LogP contribution is 2.58. The minimum absolute atomic E-state index is 0.342. The Morgan fingerprint density at radius 1 is 1.00 bits per heavy atom. The SMILES string of the molecule is C=C1/C(=C\C=C2/CCCC3(C)C(C/C=C/C4CCCC4(C)O)CCC23)CCCC1O. The summed E-state index contributed by atoms with van der Waals surface area (Å²) >= 11 is 0. The quantitative estimate of drug-likeness (QED) is 0.509. The highest BCUT2D eigenvalue weighted by molar-refractivity contribution is 5.37. The number of aliphatic hydroxyl groups excluding tert-OH is 1. The molecule has 2 N–H and O–H groups in total. The Balaban J connectivity index is 1.43. The maximum Gasteiger partial charge on any atom is 0.0787 e. The normalized spacial score (nSPS) is 45.0. The van der Waals surface area contributed by atoms with Crippen LogP contribution in [-0.2, 0) is 0 Å². The molecule has 4 fully saturated rings. The second-order valence-corrected chi connectivity index (χ2v) is 11.1. The molecule has 0 aliphatic heterocycles. The fraction of sp³-hybridized carbons (Fsp3) is 0.714. The number of aliphatic hydroxyl groups is 2. The molecular formula is C28H42O2. The fourth-order valence-corrected chi connectivity index (χ4v) is 7.05. The third-order valence-corrected chi connectivity index (χ3v) is 9.18. The molecule has 0 aromatic rings. The number of hydrogen-bond donors (Lipinski definition) is 2. The lowest BCUT2D eigenvalue weighted by molar-refractivity contribution is 0.0387. The van der Waals surface area contributed by atoms with E-state index in [0.717, 1.165) is 56.4 Å². The van der Waals surface area contributed by atoms with E-state index in [9.17, 15) is 10.2 Å². The smallest absolute Gasteiger partial charge is 0.0787 e. The minimum atomic E-state index is -0.496. The summed E-state index contributed by atoms with van der Waals surface area (Å²) < 4.78 is 0. The second kappa shape index (κ2) is 8.79. The van der Waals surface area contributed by atoms with Gasteiger partial charge >= 0.3 is 0 Å². The number of rotatable bonds is 4. The standard InChI is InChI=1S/C28H42O2/c1-20-21(8-4-13-26(20)29)14-15-22-9-6-18-27(2)23(16-17-25(22)27)10-5-11-24-12-7-19-28(24,3)30/h5,11,14-15,23-26,29-30H,1,4,6-10,12-13,16-19H2,2-3H3/b11-5+,21-14-,22-15+. The zero-order valence-corrected chi connectivity index (χ0v) is 19.2. The summed E-state index contributed by atoms with van der Waals surface area (Å²) in [5.41, 5.74) is 3.75. The van der Waals surface area contributed by atoms with Crippen molar-refractivity contribution < 1.29 is 10.2 Å². The predicted molar refractivity (Wildman–Crippen MR) is 125 cm³/mol. The van der Waals surface area contributed by atoms with Gasteiger partial charge in [0.2, 0.25) is 0 Å². The van der Waals surface area contributed by atoms with Crippen molar-refractivity contribution in [3.63, 3.8) is 0 Å². The van der Waals surface area contributed by atoms with Crippen LogP contribution in [0.15, 0.2) is 47.6 Å². The first kappa shape index (κ1) is 22.1. The van der Waals surface area contributed by atoms with E-state index in [2.05, 4.69) is 37.8 Å². The Hall–Kier alpha value is -1.12. The highest BCUT2D eigenvalue weighted by atomic mass is 16.3. The van der Waals surface area contributed by atoms with Gasteiger partial charge in [-0.2, -0.15) is 0 Å². The van der Waals surface area contributed by atoms with Crippen molar-refractivity contribution in [2.24, 2.45) is 23.2 Å². The molecule has 0 spiro atoms. The van der Waals surface area contributed by atoms with Gasteiger partial charge in [0.15, 0.2) is 0 Å². The summed E-state index contributed by atoms with van der Waals surface area (Å²) in [4.78, 5) is 0. The maximum absolute atomic E-state index is 10.5. The van der Waals surface area contributed by atoms with Crippen LogP contribution in [0.1, 0.15) is 90.9 Å². The van der Waals surface area contributed by atoms with E-state index in [1.54, 1.807) is 5.57 Å². The summed E-state index contributed by atoms with van der Waals surface area (Å²) in [5, 5.41) is 20.7. The maximum atomic E-state index is 10.5. The molecule has 4 saturated carbocycles. The largest absolute Gasteiger partial charge is 0.390 e. The molecule has 0 aromatic carbocycles. The van der Waals surface area contributed by atoms with E-state index < -0.39 is 5.60 Å². The van der Waals surface area contributed by atoms with Gasteiger partial charge in [0.25, 0.3) is 0 Å². The average Bonchev–Trinajstić information content (AvgIpc) is 3.22. The predicted octanol–water partition coefficient (Wildman–Crippen LogP) is 6.65. The van der Waals surface area contributed by atoms with Crippen molar-refractivity contribution in [3.05, 3.63) is 47.6 Å². The Bertz CT molecular complexity index is 740. The summed E-state index contributed by atoms with van der Waals surface area (Å²) in [6.45, 7) is 8.68. The van der Waals surface area contributed by atoms with Crippen LogP contribution in [-0.4, -0.2) is 21.9 Å². The second-order valence-electron chi connectivity index (χ2n) is 11.1. The van der Waals surface area contributed by atoms with Crippen LogP contribution in [0.25, 0.3) is 0 Å². The molecule has 0 amide bonds. The van der Waals surface area contributed by atoms with Crippen LogP contribution in [0, 0.1) is 23.2 Å². The van der Waals surface area contributed by atoms with Crippen molar-refractivity contribution in [1.82, 2.24) is 0 Å². The van der Waals surface area contributed by atoms with Crippen molar-refractivity contribution in [1.29, 1.82) is 0 Å². The van der Waals surface area contributed by atoms with Crippen molar-refractivity contribution >= 4 is 0 Å². The van der Waals surface area contributed by atoms with Gasteiger partial charge < -0.3 is 10.2 Å². The van der Waals surface area contributed by atoms with E-state index in [-0.39, 0.29) is 6.10 Å². The zero-order valence-electron chi connectivity index (χ0n) is 19.2. The summed E-state index contributed by atoms with van der Waals surface area (Å²) in [7, 11) is 0. The van der Waals surface area contributed by atoms with Crippen molar-refractivity contribution in [3.8, 4) is 0 Å². The van der Waals surface area contributed by atoms with Gasteiger partial charge in [-0.15, -0.1) is 0 Å². The molecule has 2 nitrogen and oxygen atoms in total. The monoisotopic (exact) mass is 410 g/mol. The third kappa shape index (κ3) is 4.28. The molecule has 2 heteroatoms. The lowest BCUT2D eigenvalue weighted by Gasteiger charge is -2.42. The van der Waals surface area contributed by atoms with Crippen LogP contribution in [0.3, 0.4) is 0 Å². The summed E-state index contributed by atoms with van der Waals surface area (Å²) in [5.74, 6) is 1.81. The molecule has 4 aliphatic carbocycles. The van der Waals surface area contributed by atoms with Crippen LogP contribution in [0.2, 0.25) is 0 Å². The third-order valence-electron chi connectivity index (χ3n) is 9.18. The zero-order chi connectivity index (χ0) is 21.4. The van der Waals surface area contributed by atoms with Crippen LogP contribution < -0.4 is 0 Å². The van der Waals surface area contributed by atoms with Gasteiger partial charge in [-0.1, -0.05) is 43.4 Å². The molecule has 6 unspecified atom stereocenters. The van der Waals surface area contributed by atoms with Crippen LogP contribution in [0.4, 0.5) is 0 Å². The van der Waals surface area contributed by atoms with Gasteiger partial charge in [0.05, 0.1) is 11.7 Å². The van der Waals surface area contributed by atoms with Crippen molar-refractivity contribution in [2.75, 3.05) is 0 Å². The van der Waals surface area contributed by atoms with Crippen LogP contribution in [0.5, 0.6) is 0 Å². The van der Waals surface area contributed by atoms with E-state index in [4.69, 9.17) is 0 Å². The molecule has 6 atom stereocenters. The van der Waals surface area contributed by atoms with E-state index in [1.165, 1.54) is 37.7 Å². The Morgan fingerprint density at radius 3 is 2.60 bits per heavy atom. The molecule has 30 heavy (non-hydrogen) atoms. The first-order valence-electron chi connectivity index (χ1n) is 12.5. The molecule has 4 rings (SSSR count). The Kier molecular flexibility index (Phi) is 6.47. The number of fused-ring (bicyclic) bond motifs is 1. The van der Waals surface area contributed by atoms with Gasteiger partial charge in [0.1, 0.15) is 0 Å². The number of hydrogen-bond acceptors (Lipinski definition) is 2. The average molecular weight is 411 g/mol. The fourth-order valence-electron chi connectivity index (χ4n) is 7.05. The first-order chi connectivity index (χ1) is 14.3. The lowest BCUT2D eigenvalue weighted by atomic mass is 9.63. The van der Waals surface area contributed by atoms with Gasteiger partial charge in [-0.25, -0.2) is 0 Å². The van der Waals surface area contributed by atoms with E-state index in [0.29, 0.717) is 17.3 Å². The molecule has 0 bridgehead atoms. The minimum Gasteiger partial charge on any atom is -0.390 e. The molecule has 0 radical (unpaired) electrons. The topological polar surface area (TPSA) is 40.5 Å². The molecule has 4 aliphatic rings. The Labute approximate surface area is 183 Å². The van der Waals surface area contributed by atoms with E-state index >= 15 is 0 Å². The van der Waals surface area contributed by atoms with Gasteiger partial charge in [-0.3, -0.25) is 0 Å². The molecule has 166 valence electrons. The summed E-state index contributed by atoms with van der Waals surface area (Å²) in [6.07, 6.45) is 22.9. The first-order valence-corrected chi connectivity index (χ1v) is 12.5. The Morgan fingerprint density at radius 2 is 1.83 bits per heavy atom. The van der Waals surface area contributed by atoms with Gasteiger partial charge in [0, 0.05) is 5.92 Å². The summed E-state index contributed by atoms with van der Waals surface area (Å²) in [6, 6.07) is 0. The molecular weight excluding hydrogens is 368 g/mol.